The summed E-state index contributed by atoms with van der Waals surface area (Å²) in [6.45, 7) is 2.05. The third-order valence-corrected chi connectivity index (χ3v) is 3.70. The molecule has 2 heterocycles. The van der Waals surface area contributed by atoms with E-state index in [4.69, 9.17) is 10.2 Å². The minimum Gasteiger partial charge on any atom is -0.408 e. The van der Waals surface area contributed by atoms with Crippen LogP contribution in [0.25, 0.3) is 11.1 Å². The van der Waals surface area contributed by atoms with Crippen LogP contribution >= 0.6 is 0 Å². The van der Waals surface area contributed by atoms with Crippen molar-refractivity contribution in [2.24, 2.45) is 5.73 Å². The van der Waals surface area contributed by atoms with Crippen LogP contribution in [0.5, 0.6) is 0 Å². The van der Waals surface area contributed by atoms with Gasteiger partial charge in [0.05, 0.1) is 12.1 Å². The van der Waals surface area contributed by atoms with E-state index >= 15 is 0 Å². The van der Waals surface area contributed by atoms with Gasteiger partial charge in [0.15, 0.2) is 5.58 Å². The number of hydrogen-bond donors (Lipinski definition) is 3. The fourth-order valence-electron chi connectivity index (χ4n) is 2.54. The summed E-state index contributed by atoms with van der Waals surface area (Å²) in [5.41, 5.74) is 7.52. The number of amides is 1. The number of aromatic amines is 1. The summed E-state index contributed by atoms with van der Waals surface area (Å²) in [4.78, 5) is 27.8. The SMILES string of the molecule is NC1CCN(CC(=O)Nc2ccc3oc(=O)[nH]c3c2)CC1. The molecule has 0 spiro atoms. The van der Waals surface area contributed by atoms with Gasteiger partial charge in [0.1, 0.15) is 0 Å². The maximum Gasteiger partial charge on any atom is 0.417 e. The van der Waals surface area contributed by atoms with E-state index in [2.05, 4.69) is 15.2 Å². The first-order valence-electron chi connectivity index (χ1n) is 7.01. The normalized spacial score (nSPS) is 17.2. The molecule has 1 aromatic heterocycles. The van der Waals surface area contributed by atoms with Gasteiger partial charge in [0, 0.05) is 24.8 Å². The molecule has 0 atom stereocenters. The fourth-order valence-corrected chi connectivity index (χ4v) is 2.54. The second-order valence-electron chi connectivity index (χ2n) is 5.39. The van der Waals surface area contributed by atoms with E-state index in [1.165, 1.54) is 0 Å². The Labute approximate surface area is 121 Å². The van der Waals surface area contributed by atoms with Gasteiger partial charge < -0.3 is 15.5 Å². The Balaban J connectivity index is 1.61. The van der Waals surface area contributed by atoms with Gasteiger partial charge in [-0.15, -0.1) is 0 Å². The third-order valence-electron chi connectivity index (χ3n) is 3.70. The van der Waals surface area contributed by atoms with E-state index in [9.17, 15) is 9.59 Å². The van der Waals surface area contributed by atoms with Gasteiger partial charge in [-0.1, -0.05) is 0 Å². The maximum absolute atomic E-state index is 12.0. The second-order valence-corrected chi connectivity index (χ2v) is 5.39. The molecule has 1 aliphatic heterocycles. The third kappa shape index (κ3) is 3.32. The Kier molecular flexibility index (Phi) is 3.76. The highest BCUT2D eigenvalue weighted by Crippen LogP contribution is 2.16. The predicted molar refractivity (Wildman–Crippen MR) is 79.1 cm³/mol. The molecular weight excluding hydrogens is 272 g/mol. The number of benzene rings is 1. The number of aromatic nitrogens is 1. The summed E-state index contributed by atoms with van der Waals surface area (Å²) in [7, 11) is 0. The predicted octanol–water partition coefficient (Wildman–Crippen LogP) is 0.483. The van der Waals surface area contributed by atoms with E-state index in [-0.39, 0.29) is 11.9 Å². The first kappa shape index (κ1) is 13.8. The van der Waals surface area contributed by atoms with Gasteiger partial charge in [-0.2, -0.15) is 0 Å². The lowest BCUT2D eigenvalue weighted by atomic mass is 10.1. The van der Waals surface area contributed by atoms with Gasteiger partial charge in [-0.05, 0) is 31.0 Å². The molecular formula is C14H18N4O3. The van der Waals surface area contributed by atoms with Crippen LogP contribution in [0.3, 0.4) is 0 Å². The lowest BCUT2D eigenvalue weighted by Crippen LogP contribution is -2.43. The number of nitrogens with zero attached hydrogens (tertiary/aromatic N) is 1. The summed E-state index contributed by atoms with van der Waals surface area (Å²) in [5, 5.41) is 2.83. The molecule has 0 saturated carbocycles. The van der Waals surface area contributed by atoms with Crippen molar-refractivity contribution in [2.75, 3.05) is 25.0 Å². The molecule has 0 radical (unpaired) electrons. The van der Waals surface area contributed by atoms with Crippen molar-refractivity contribution in [2.45, 2.75) is 18.9 Å². The number of fused-ring (bicyclic) bond motifs is 1. The Bertz CT molecular complexity index is 698. The van der Waals surface area contributed by atoms with Crippen molar-refractivity contribution >= 4 is 22.7 Å². The van der Waals surface area contributed by atoms with Crippen molar-refractivity contribution in [3.8, 4) is 0 Å². The molecule has 21 heavy (non-hydrogen) atoms. The molecule has 1 aliphatic rings. The topological polar surface area (TPSA) is 104 Å². The minimum atomic E-state index is -0.502. The van der Waals surface area contributed by atoms with Gasteiger partial charge in [0.2, 0.25) is 5.91 Å². The smallest absolute Gasteiger partial charge is 0.408 e. The van der Waals surface area contributed by atoms with Gasteiger partial charge >= 0.3 is 5.76 Å². The molecule has 0 unspecified atom stereocenters. The zero-order valence-corrected chi connectivity index (χ0v) is 11.6. The second kappa shape index (κ2) is 5.71. The van der Waals surface area contributed by atoms with Crippen molar-refractivity contribution in [3.63, 3.8) is 0 Å². The number of piperidine rings is 1. The Morgan fingerprint density at radius 2 is 2.19 bits per heavy atom. The Morgan fingerprint density at radius 1 is 1.43 bits per heavy atom. The number of H-pyrrole nitrogens is 1. The van der Waals surface area contributed by atoms with Gasteiger partial charge in [0.25, 0.3) is 0 Å². The summed E-state index contributed by atoms with van der Waals surface area (Å²) < 4.78 is 4.92. The number of hydrogen-bond acceptors (Lipinski definition) is 5. The van der Waals surface area contributed by atoms with Gasteiger partial charge in [-0.3, -0.25) is 14.7 Å². The van der Waals surface area contributed by atoms with E-state index < -0.39 is 5.76 Å². The van der Waals surface area contributed by atoms with Crippen molar-refractivity contribution in [1.29, 1.82) is 0 Å². The highest BCUT2D eigenvalue weighted by molar-refractivity contribution is 5.94. The van der Waals surface area contributed by atoms with Crippen LogP contribution in [0.15, 0.2) is 27.4 Å². The van der Waals surface area contributed by atoms with Crippen LogP contribution in [0.1, 0.15) is 12.8 Å². The number of nitrogens with two attached hydrogens (primary N) is 1. The summed E-state index contributed by atoms with van der Waals surface area (Å²) in [5.74, 6) is -0.575. The molecule has 1 amide bonds. The molecule has 3 rings (SSSR count). The van der Waals surface area contributed by atoms with Gasteiger partial charge in [-0.25, -0.2) is 4.79 Å². The summed E-state index contributed by atoms with van der Waals surface area (Å²) in [6.07, 6.45) is 1.85. The first-order valence-corrected chi connectivity index (χ1v) is 7.01. The first-order chi connectivity index (χ1) is 10.1. The molecule has 7 nitrogen and oxygen atoms in total. The van der Waals surface area contributed by atoms with Crippen molar-refractivity contribution < 1.29 is 9.21 Å². The molecule has 1 fully saturated rings. The summed E-state index contributed by atoms with van der Waals surface area (Å²) >= 11 is 0. The zero-order chi connectivity index (χ0) is 14.8. The highest BCUT2D eigenvalue weighted by Gasteiger charge is 2.18. The number of nitrogens with one attached hydrogen (secondary N) is 2. The minimum absolute atomic E-state index is 0.0735. The Hall–Kier alpha value is -2.12. The fraction of sp³-hybridized carbons (Fsp3) is 0.429. The largest absolute Gasteiger partial charge is 0.417 e. The molecule has 7 heteroatoms. The standard InChI is InChI=1S/C14H18N4O3/c15-9-3-5-18(6-4-9)8-13(19)16-10-1-2-12-11(7-10)17-14(20)21-12/h1-2,7,9H,3-6,8,15H2,(H,16,19)(H,17,20). The Morgan fingerprint density at radius 3 is 2.95 bits per heavy atom. The van der Waals surface area contributed by atoms with Crippen LogP contribution < -0.4 is 16.8 Å². The number of rotatable bonds is 3. The van der Waals surface area contributed by atoms with Crippen LogP contribution in [-0.4, -0.2) is 41.5 Å². The van der Waals surface area contributed by atoms with Crippen LogP contribution in [0, 0.1) is 0 Å². The average molecular weight is 290 g/mol. The molecule has 2 aromatic rings. The number of anilines is 1. The molecule has 1 saturated heterocycles. The molecule has 0 aliphatic carbocycles. The lowest BCUT2D eigenvalue weighted by Gasteiger charge is -2.29. The van der Waals surface area contributed by atoms with Crippen LogP contribution in [-0.2, 0) is 4.79 Å². The van der Waals surface area contributed by atoms with E-state index in [1.54, 1.807) is 18.2 Å². The quantitative estimate of drug-likeness (QED) is 0.763. The van der Waals surface area contributed by atoms with E-state index in [0.29, 0.717) is 23.3 Å². The monoisotopic (exact) mass is 290 g/mol. The number of oxazole rings is 1. The van der Waals surface area contributed by atoms with Crippen LogP contribution in [0.2, 0.25) is 0 Å². The lowest BCUT2D eigenvalue weighted by molar-refractivity contribution is -0.117. The number of likely N-dealkylation sites (tertiary alicyclic amines) is 1. The van der Waals surface area contributed by atoms with Crippen LogP contribution in [0.4, 0.5) is 5.69 Å². The van der Waals surface area contributed by atoms with E-state index in [1.807, 2.05) is 0 Å². The van der Waals surface area contributed by atoms with Crippen molar-refractivity contribution in [3.05, 3.63) is 28.7 Å². The van der Waals surface area contributed by atoms with Crippen molar-refractivity contribution in [1.82, 2.24) is 9.88 Å². The maximum atomic E-state index is 12.0. The average Bonchev–Trinajstić information content (AvgIpc) is 2.80. The molecule has 4 N–H and O–H groups in total. The summed E-state index contributed by atoms with van der Waals surface area (Å²) in [6, 6.07) is 5.31. The molecule has 0 bridgehead atoms. The number of carbonyl (C=O) groups is 1. The zero-order valence-electron chi connectivity index (χ0n) is 11.6. The molecule has 1 aromatic carbocycles. The highest BCUT2D eigenvalue weighted by atomic mass is 16.4. The number of carbonyl (C=O) groups excluding carboxylic acids is 1. The van der Waals surface area contributed by atoms with E-state index in [0.717, 1.165) is 25.9 Å². The molecule has 112 valence electrons.